The Morgan fingerprint density at radius 1 is 1.10 bits per heavy atom. The van der Waals surface area contributed by atoms with E-state index in [1.807, 2.05) is 13.2 Å². The van der Waals surface area contributed by atoms with Crippen LogP contribution in [-0.2, 0) is 15.1 Å². The molecule has 4 rings (SSSR count). The number of aliphatic hydroxyl groups is 1. The lowest BCUT2D eigenvalue weighted by molar-refractivity contribution is -0.114. The van der Waals surface area contributed by atoms with Gasteiger partial charge in [0, 0.05) is 18.9 Å². The monoisotopic (exact) mass is 399 g/mol. The van der Waals surface area contributed by atoms with Gasteiger partial charge in [-0.1, -0.05) is 19.3 Å². The van der Waals surface area contributed by atoms with Crippen LogP contribution in [0.15, 0.2) is 24.5 Å². The molecule has 29 heavy (non-hydrogen) atoms. The minimum Gasteiger partial charge on any atom is -0.384 e. The molecule has 1 saturated carbocycles. The van der Waals surface area contributed by atoms with Crippen LogP contribution in [0.1, 0.15) is 51.6 Å². The summed E-state index contributed by atoms with van der Waals surface area (Å²) in [7, 11) is 1.82. The maximum absolute atomic E-state index is 11.3. The number of pyridine rings is 1. The second-order valence-corrected chi connectivity index (χ2v) is 7.84. The van der Waals surface area contributed by atoms with Crippen LogP contribution in [0.2, 0.25) is 0 Å². The van der Waals surface area contributed by atoms with Gasteiger partial charge in [-0.3, -0.25) is 9.78 Å². The number of aromatic nitrogens is 3. The maximum atomic E-state index is 11.3. The third kappa shape index (κ3) is 5.71. The van der Waals surface area contributed by atoms with Gasteiger partial charge in [-0.15, -0.1) is 0 Å². The molecule has 0 aromatic carbocycles. The molecule has 156 valence electrons. The zero-order valence-electron chi connectivity index (χ0n) is 17.2. The van der Waals surface area contributed by atoms with E-state index in [4.69, 9.17) is 4.74 Å². The quantitative estimate of drug-likeness (QED) is 0.727. The Balaban J connectivity index is 0.000000252. The number of carbonyl (C=O) groups is 1. The first-order valence-corrected chi connectivity index (χ1v) is 9.99. The van der Waals surface area contributed by atoms with Gasteiger partial charge in [0.15, 0.2) is 11.6 Å². The molecule has 3 heterocycles. The fourth-order valence-electron chi connectivity index (χ4n) is 3.29. The molecular formula is C21H29N5O3. The van der Waals surface area contributed by atoms with Crippen molar-refractivity contribution in [3.05, 3.63) is 30.2 Å². The second kappa shape index (κ2) is 9.28. The van der Waals surface area contributed by atoms with Crippen molar-refractivity contribution in [1.82, 2.24) is 15.0 Å². The molecule has 1 aliphatic heterocycles. The fourth-order valence-corrected chi connectivity index (χ4v) is 3.29. The van der Waals surface area contributed by atoms with E-state index in [2.05, 4.69) is 25.6 Å². The summed E-state index contributed by atoms with van der Waals surface area (Å²) in [5.74, 6) is 0.819. The van der Waals surface area contributed by atoms with Gasteiger partial charge in [0.05, 0.1) is 30.2 Å². The van der Waals surface area contributed by atoms with Crippen molar-refractivity contribution < 1.29 is 14.6 Å². The summed E-state index contributed by atoms with van der Waals surface area (Å²) in [5.41, 5.74) is 0.954. The summed E-state index contributed by atoms with van der Waals surface area (Å²) in [6.45, 7) is 3.55. The number of hydrogen-bond acceptors (Lipinski definition) is 7. The number of methoxy groups -OCH3 is 1. The molecule has 0 saturated heterocycles. The molecule has 1 amide bonds. The van der Waals surface area contributed by atoms with E-state index in [1.54, 1.807) is 32.3 Å². The Kier molecular flexibility index (Phi) is 6.76. The van der Waals surface area contributed by atoms with Crippen LogP contribution in [0.3, 0.4) is 0 Å². The zero-order chi connectivity index (χ0) is 20.9. The highest BCUT2D eigenvalue weighted by Gasteiger charge is 2.19. The smallest absolute Gasteiger partial charge is 0.244 e. The average molecular weight is 399 g/mol. The van der Waals surface area contributed by atoms with E-state index >= 15 is 0 Å². The van der Waals surface area contributed by atoms with Gasteiger partial charge in [-0.2, -0.15) is 0 Å². The fraction of sp³-hybridized carbons (Fsp3) is 0.524. The Hall–Kier alpha value is -2.58. The molecule has 3 N–H and O–H groups in total. The van der Waals surface area contributed by atoms with Gasteiger partial charge in [-0.05, 0) is 38.8 Å². The number of nitrogens with one attached hydrogen (secondary N) is 2. The van der Waals surface area contributed by atoms with E-state index in [-0.39, 0.29) is 12.5 Å². The maximum Gasteiger partial charge on any atom is 0.244 e. The first-order valence-electron chi connectivity index (χ1n) is 9.99. The van der Waals surface area contributed by atoms with E-state index in [0.29, 0.717) is 29.1 Å². The third-order valence-corrected chi connectivity index (χ3v) is 5.02. The number of fused-ring (bicyclic) bond motifs is 1. The summed E-state index contributed by atoms with van der Waals surface area (Å²) in [4.78, 5) is 24.2. The SMILES string of the molecule is CC(C)(O)c1ccc(-c2cnc3c(n2)NC(=O)CN3)cn1.COC1CCCCC1. The molecule has 2 aliphatic rings. The lowest BCUT2D eigenvalue weighted by Gasteiger charge is -2.19. The molecule has 8 heteroatoms. The standard InChI is InChI=1S/C14H15N5O2.C7H14O/c1-14(2,21)10-4-3-8(5-15-10)9-6-16-12-13(18-9)19-11(20)7-17-12;1-8-7-5-3-2-4-6-7/h3-6,21H,7H2,1-2H3,(H,16,17)(H,18,19,20);7H,2-6H2,1H3. The second-order valence-electron chi connectivity index (χ2n) is 7.84. The first kappa shape index (κ1) is 21.1. The van der Waals surface area contributed by atoms with Gasteiger partial charge in [-0.25, -0.2) is 9.97 Å². The van der Waals surface area contributed by atoms with Crippen molar-refractivity contribution in [2.45, 2.75) is 57.7 Å². The van der Waals surface area contributed by atoms with E-state index in [0.717, 1.165) is 5.56 Å². The van der Waals surface area contributed by atoms with Crippen LogP contribution in [0.25, 0.3) is 11.3 Å². The predicted octanol–water partition coefficient (Wildman–Crippen LogP) is 3.10. The lowest BCUT2D eigenvalue weighted by atomic mass is 9.98. The van der Waals surface area contributed by atoms with Gasteiger partial charge in [0.1, 0.15) is 5.60 Å². The minimum absolute atomic E-state index is 0.149. The van der Waals surface area contributed by atoms with Crippen LogP contribution in [0.5, 0.6) is 0 Å². The highest BCUT2D eigenvalue weighted by atomic mass is 16.5. The molecule has 2 aromatic rings. The molecule has 0 unspecified atom stereocenters. The molecule has 8 nitrogen and oxygen atoms in total. The molecule has 0 radical (unpaired) electrons. The lowest BCUT2D eigenvalue weighted by Crippen LogP contribution is -2.28. The van der Waals surface area contributed by atoms with Crippen molar-refractivity contribution in [3.8, 4) is 11.3 Å². The number of hydrogen-bond donors (Lipinski definition) is 3. The Morgan fingerprint density at radius 3 is 2.45 bits per heavy atom. The average Bonchev–Trinajstić information content (AvgIpc) is 2.74. The Labute approximate surface area is 171 Å². The van der Waals surface area contributed by atoms with E-state index < -0.39 is 5.60 Å². The number of nitrogens with zero attached hydrogens (tertiary/aromatic N) is 3. The number of anilines is 2. The zero-order valence-corrected chi connectivity index (χ0v) is 17.2. The van der Waals surface area contributed by atoms with Crippen LogP contribution in [-0.4, -0.2) is 45.7 Å². The summed E-state index contributed by atoms with van der Waals surface area (Å²) in [6, 6.07) is 3.56. The van der Waals surface area contributed by atoms with E-state index in [1.165, 1.54) is 32.1 Å². The van der Waals surface area contributed by atoms with Crippen LogP contribution >= 0.6 is 0 Å². The first-order chi connectivity index (χ1) is 13.9. The molecule has 0 spiro atoms. The molecule has 1 aliphatic carbocycles. The van der Waals surface area contributed by atoms with Crippen molar-refractivity contribution in [2.75, 3.05) is 24.3 Å². The largest absolute Gasteiger partial charge is 0.384 e. The Bertz CT molecular complexity index is 827. The molecule has 2 aromatic heterocycles. The Morgan fingerprint density at radius 2 is 1.86 bits per heavy atom. The highest BCUT2D eigenvalue weighted by Crippen LogP contribution is 2.25. The number of carbonyl (C=O) groups excluding carboxylic acids is 1. The molecular weight excluding hydrogens is 370 g/mol. The predicted molar refractivity (Wildman–Crippen MR) is 112 cm³/mol. The molecule has 0 atom stereocenters. The minimum atomic E-state index is -0.988. The summed E-state index contributed by atoms with van der Waals surface area (Å²) in [6.07, 6.45) is 10.6. The summed E-state index contributed by atoms with van der Waals surface area (Å²) < 4.78 is 5.19. The summed E-state index contributed by atoms with van der Waals surface area (Å²) >= 11 is 0. The molecule has 0 bridgehead atoms. The van der Waals surface area contributed by atoms with Crippen LogP contribution in [0.4, 0.5) is 11.6 Å². The van der Waals surface area contributed by atoms with Gasteiger partial charge < -0.3 is 20.5 Å². The van der Waals surface area contributed by atoms with Gasteiger partial charge in [0.25, 0.3) is 0 Å². The number of ether oxygens (including phenoxy) is 1. The van der Waals surface area contributed by atoms with Crippen molar-refractivity contribution in [3.63, 3.8) is 0 Å². The van der Waals surface area contributed by atoms with Crippen LogP contribution < -0.4 is 10.6 Å². The van der Waals surface area contributed by atoms with Crippen molar-refractivity contribution >= 4 is 17.5 Å². The normalized spacial score (nSPS) is 16.8. The summed E-state index contributed by atoms with van der Waals surface area (Å²) in [5, 5.41) is 15.4. The van der Waals surface area contributed by atoms with Gasteiger partial charge >= 0.3 is 0 Å². The number of rotatable bonds is 3. The van der Waals surface area contributed by atoms with Crippen molar-refractivity contribution in [2.24, 2.45) is 0 Å². The highest BCUT2D eigenvalue weighted by molar-refractivity contribution is 5.98. The number of amides is 1. The van der Waals surface area contributed by atoms with Crippen molar-refractivity contribution in [1.29, 1.82) is 0 Å². The molecule has 1 fully saturated rings. The van der Waals surface area contributed by atoms with Gasteiger partial charge in [0.2, 0.25) is 5.91 Å². The van der Waals surface area contributed by atoms with E-state index in [9.17, 15) is 9.90 Å². The third-order valence-electron chi connectivity index (χ3n) is 5.02. The topological polar surface area (TPSA) is 109 Å². The van der Waals surface area contributed by atoms with Crippen LogP contribution in [0, 0.1) is 0 Å².